The molecule has 0 amide bonds. The summed E-state index contributed by atoms with van der Waals surface area (Å²) in [5, 5.41) is 3.57. The van der Waals surface area contributed by atoms with E-state index in [1.807, 2.05) is 0 Å². The van der Waals surface area contributed by atoms with E-state index in [1.54, 1.807) is 0 Å². The van der Waals surface area contributed by atoms with Gasteiger partial charge in [0.1, 0.15) is 0 Å². The second-order valence-electron chi connectivity index (χ2n) is 5.00. The molecule has 0 heterocycles. The van der Waals surface area contributed by atoms with E-state index in [4.69, 9.17) is 5.73 Å². The van der Waals surface area contributed by atoms with Gasteiger partial charge in [-0.3, -0.25) is 0 Å². The fourth-order valence-corrected chi connectivity index (χ4v) is 2.42. The van der Waals surface area contributed by atoms with Gasteiger partial charge in [0.25, 0.3) is 0 Å². The Bertz CT molecular complexity index is 394. The fraction of sp³-hybridized carbons (Fsp3) is 0.500. The molecule has 1 aliphatic rings. The minimum atomic E-state index is 0.298. The molecular weight excluding hydrogens is 220 g/mol. The molecule has 2 heteroatoms. The van der Waals surface area contributed by atoms with Crippen LogP contribution in [0.4, 0.5) is 0 Å². The third-order valence-electron chi connectivity index (χ3n) is 3.56. The molecule has 98 valence electrons. The monoisotopic (exact) mass is 244 g/mol. The highest BCUT2D eigenvalue weighted by Gasteiger charge is 2.27. The molecule has 0 saturated heterocycles. The van der Waals surface area contributed by atoms with Crippen LogP contribution in [0.2, 0.25) is 0 Å². The van der Waals surface area contributed by atoms with Crippen molar-refractivity contribution in [2.24, 2.45) is 5.73 Å². The van der Waals surface area contributed by atoms with Gasteiger partial charge in [0, 0.05) is 12.6 Å². The van der Waals surface area contributed by atoms with Crippen molar-refractivity contribution >= 4 is 0 Å². The third-order valence-corrected chi connectivity index (χ3v) is 3.56. The minimum absolute atomic E-state index is 0.298. The summed E-state index contributed by atoms with van der Waals surface area (Å²) in [6, 6.07) is 9.06. The van der Waals surface area contributed by atoms with E-state index in [2.05, 4.69) is 48.7 Å². The van der Waals surface area contributed by atoms with Crippen molar-refractivity contribution in [1.29, 1.82) is 0 Å². The number of nitrogens with two attached hydrogens (primary N) is 1. The second-order valence-corrected chi connectivity index (χ2v) is 5.00. The van der Waals surface area contributed by atoms with Crippen LogP contribution in [0, 0.1) is 0 Å². The van der Waals surface area contributed by atoms with Gasteiger partial charge in [-0.05, 0) is 49.8 Å². The van der Waals surface area contributed by atoms with Crippen LogP contribution in [0.5, 0.6) is 0 Å². The Labute approximate surface area is 110 Å². The summed E-state index contributed by atoms with van der Waals surface area (Å²) in [4.78, 5) is 0. The number of nitrogens with one attached hydrogen (secondary N) is 1. The molecular formula is C16H24N2. The van der Waals surface area contributed by atoms with Crippen molar-refractivity contribution in [3.63, 3.8) is 0 Å². The average Bonchev–Trinajstić information content (AvgIpc) is 3.24. The highest BCUT2D eigenvalue weighted by molar-refractivity contribution is 5.35. The summed E-state index contributed by atoms with van der Waals surface area (Å²) >= 11 is 0. The number of hydrogen-bond acceptors (Lipinski definition) is 2. The minimum Gasteiger partial charge on any atom is -0.329 e. The average molecular weight is 244 g/mol. The summed E-state index contributed by atoms with van der Waals surface area (Å²) in [5.74, 6) is 0.785. The Kier molecular flexibility index (Phi) is 4.97. The van der Waals surface area contributed by atoms with Crippen LogP contribution >= 0.6 is 0 Å². The van der Waals surface area contributed by atoms with Crippen molar-refractivity contribution in [3.8, 4) is 0 Å². The van der Waals surface area contributed by atoms with Crippen molar-refractivity contribution < 1.29 is 0 Å². The van der Waals surface area contributed by atoms with Crippen LogP contribution in [0.15, 0.2) is 36.4 Å². The summed E-state index contributed by atoms with van der Waals surface area (Å²) in [5.41, 5.74) is 8.84. The molecule has 3 N–H and O–H groups in total. The summed E-state index contributed by atoms with van der Waals surface area (Å²) in [6.45, 7) is 3.72. The van der Waals surface area contributed by atoms with Crippen molar-refractivity contribution in [1.82, 2.24) is 5.32 Å². The standard InChI is InChI=1S/C16H24N2/c1-2-3-6-11-18-16(12-17)15-8-5-4-7-14(15)13-9-10-13/h2-5,7-8,13,16,18H,6,9-12,17H2,1H3/b3-2+. The third kappa shape index (κ3) is 3.44. The lowest BCUT2D eigenvalue weighted by molar-refractivity contribution is 0.544. The first-order chi connectivity index (χ1) is 8.86. The largest absolute Gasteiger partial charge is 0.329 e. The molecule has 1 atom stereocenters. The van der Waals surface area contributed by atoms with E-state index in [-0.39, 0.29) is 0 Å². The SMILES string of the molecule is C/C=C/CCNC(CN)c1ccccc1C1CC1. The summed E-state index contributed by atoms with van der Waals surface area (Å²) in [6.07, 6.45) is 8.03. The summed E-state index contributed by atoms with van der Waals surface area (Å²) < 4.78 is 0. The van der Waals surface area contributed by atoms with E-state index in [0.29, 0.717) is 12.6 Å². The van der Waals surface area contributed by atoms with Crippen LogP contribution in [-0.2, 0) is 0 Å². The second kappa shape index (κ2) is 6.72. The predicted octanol–water partition coefficient (Wildman–Crippen LogP) is 3.12. The van der Waals surface area contributed by atoms with Gasteiger partial charge in [-0.25, -0.2) is 0 Å². The normalized spacial score (nSPS) is 17.2. The Hall–Kier alpha value is -1.12. The first kappa shape index (κ1) is 13.3. The van der Waals surface area contributed by atoms with Gasteiger partial charge in [-0.2, -0.15) is 0 Å². The fourth-order valence-electron chi connectivity index (χ4n) is 2.42. The van der Waals surface area contributed by atoms with Gasteiger partial charge in [-0.1, -0.05) is 36.4 Å². The molecule has 1 aromatic carbocycles. The molecule has 18 heavy (non-hydrogen) atoms. The molecule has 1 aromatic rings. The maximum atomic E-state index is 5.93. The van der Waals surface area contributed by atoms with Gasteiger partial charge in [0.05, 0.1) is 0 Å². The molecule has 0 aliphatic heterocycles. The lowest BCUT2D eigenvalue weighted by Gasteiger charge is -2.20. The predicted molar refractivity (Wildman–Crippen MR) is 77.6 cm³/mol. The lowest BCUT2D eigenvalue weighted by Crippen LogP contribution is -2.29. The van der Waals surface area contributed by atoms with E-state index >= 15 is 0 Å². The maximum absolute atomic E-state index is 5.93. The van der Waals surface area contributed by atoms with Gasteiger partial charge < -0.3 is 11.1 Å². The first-order valence-corrected chi connectivity index (χ1v) is 7.00. The van der Waals surface area contributed by atoms with Crippen LogP contribution in [-0.4, -0.2) is 13.1 Å². The Morgan fingerprint density at radius 2 is 2.17 bits per heavy atom. The molecule has 0 bridgehead atoms. The highest BCUT2D eigenvalue weighted by Crippen LogP contribution is 2.42. The van der Waals surface area contributed by atoms with Gasteiger partial charge in [0.2, 0.25) is 0 Å². The summed E-state index contributed by atoms with van der Waals surface area (Å²) in [7, 11) is 0. The first-order valence-electron chi connectivity index (χ1n) is 7.00. The Morgan fingerprint density at radius 1 is 1.39 bits per heavy atom. The molecule has 1 saturated carbocycles. The lowest BCUT2D eigenvalue weighted by atomic mass is 9.97. The zero-order valence-corrected chi connectivity index (χ0v) is 11.2. The van der Waals surface area contributed by atoms with Crippen LogP contribution in [0.25, 0.3) is 0 Å². The molecule has 0 radical (unpaired) electrons. The van der Waals surface area contributed by atoms with E-state index in [1.165, 1.54) is 24.0 Å². The van der Waals surface area contributed by atoms with Crippen LogP contribution in [0.1, 0.15) is 49.3 Å². The highest BCUT2D eigenvalue weighted by atomic mass is 14.9. The molecule has 2 rings (SSSR count). The van der Waals surface area contributed by atoms with E-state index < -0.39 is 0 Å². The molecule has 1 aliphatic carbocycles. The Balaban J connectivity index is 2.02. The van der Waals surface area contributed by atoms with Gasteiger partial charge in [-0.15, -0.1) is 0 Å². The molecule has 0 spiro atoms. The van der Waals surface area contributed by atoms with Crippen LogP contribution in [0.3, 0.4) is 0 Å². The van der Waals surface area contributed by atoms with E-state index in [9.17, 15) is 0 Å². The molecule has 2 nitrogen and oxygen atoms in total. The quantitative estimate of drug-likeness (QED) is 0.571. The molecule has 1 fully saturated rings. The number of allylic oxidation sites excluding steroid dienone is 1. The van der Waals surface area contributed by atoms with Crippen LogP contribution < -0.4 is 11.1 Å². The number of benzene rings is 1. The van der Waals surface area contributed by atoms with Gasteiger partial charge in [0.15, 0.2) is 0 Å². The Morgan fingerprint density at radius 3 is 2.83 bits per heavy atom. The maximum Gasteiger partial charge on any atom is 0.0447 e. The van der Waals surface area contributed by atoms with Crippen molar-refractivity contribution in [2.45, 2.75) is 38.1 Å². The number of hydrogen-bond donors (Lipinski definition) is 2. The van der Waals surface area contributed by atoms with E-state index in [0.717, 1.165) is 18.9 Å². The van der Waals surface area contributed by atoms with Gasteiger partial charge >= 0.3 is 0 Å². The van der Waals surface area contributed by atoms with Crippen molar-refractivity contribution in [3.05, 3.63) is 47.5 Å². The van der Waals surface area contributed by atoms with Crippen molar-refractivity contribution in [2.75, 3.05) is 13.1 Å². The zero-order valence-electron chi connectivity index (χ0n) is 11.2. The topological polar surface area (TPSA) is 38.0 Å². The smallest absolute Gasteiger partial charge is 0.0447 e. The zero-order chi connectivity index (χ0) is 12.8. The molecule has 0 aromatic heterocycles. The number of rotatable bonds is 7. The molecule has 1 unspecified atom stereocenters.